The SMILES string of the molecule is COc1cccc(CC(=O)N2CCc3nc(C4CCNCC4)ncc3C2)c1. The van der Waals surface area contributed by atoms with Crippen molar-refractivity contribution in [2.45, 2.75) is 38.1 Å². The first-order valence-electron chi connectivity index (χ1n) is 9.69. The molecule has 1 aromatic heterocycles. The van der Waals surface area contributed by atoms with Gasteiger partial charge in [-0.2, -0.15) is 0 Å². The van der Waals surface area contributed by atoms with Crippen LogP contribution < -0.4 is 10.1 Å². The van der Waals surface area contributed by atoms with E-state index in [9.17, 15) is 4.79 Å². The number of aromatic nitrogens is 2. The monoisotopic (exact) mass is 366 g/mol. The molecule has 3 heterocycles. The fourth-order valence-electron chi connectivity index (χ4n) is 3.89. The molecular weight excluding hydrogens is 340 g/mol. The Balaban J connectivity index is 1.42. The molecule has 0 unspecified atom stereocenters. The average Bonchev–Trinajstić information content (AvgIpc) is 2.73. The Kier molecular flexibility index (Phi) is 5.34. The zero-order chi connectivity index (χ0) is 18.6. The predicted octanol–water partition coefficient (Wildman–Crippen LogP) is 2.08. The lowest BCUT2D eigenvalue weighted by atomic mass is 9.96. The fraction of sp³-hybridized carbons (Fsp3) is 0.476. The van der Waals surface area contributed by atoms with Gasteiger partial charge in [-0.1, -0.05) is 12.1 Å². The van der Waals surface area contributed by atoms with E-state index in [2.05, 4.69) is 10.3 Å². The Hall–Kier alpha value is -2.47. The molecule has 1 saturated heterocycles. The summed E-state index contributed by atoms with van der Waals surface area (Å²) in [6, 6.07) is 7.70. The minimum absolute atomic E-state index is 0.135. The van der Waals surface area contributed by atoms with Crippen molar-refractivity contribution >= 4 is 5.91 Å². The number of ether oxygens (including phenoxy) is 1. The summed E-state index contributed by atoms with van der Waals surface area (Å²) in [4.78, 5) is 24.1. The summed E-state index contributed by atoms with van der Waals surface area (Å²) in [5.41, 5.74) is 3.17. The predicted molar refractivity (Wildman–Crippen MR) is 103 cm³/mol. The molecular formula is C21H26N4O2. The molecule has 2 aromatic rings. The summed E-state index contributed by atoms with van der Waals surface area (Å²) in [7, 11) is 1.64. The molecule has 1 aromatic carbocycles. The number of fused-ring (bicyclic) bond motifs is 1. The third kappa shape index (κ3) is 4.11. The van der Waals surface area contributed by atoms with Crippen LogP contribution in [0.2, 0.25) is 0 Å². The summed E-state index contributed by atoms with van der Waals surface area (Å²) in [6.07, 6.45) is 5.33. The normalized spacial score (nSPS) is 17.4. The number of benzene rings is 1. The molecule has 0 spiro atoms. The second-order valence-electron chi connectivity index (χ2n) is 7.32. The molecule has 0 radical (unpaired) electrons. The zero-order valence-electron chi connectivity index (χ0n) is 15.8. The summed E-state index contributed by atoms with van der Waals surface area (Å²) in [6.45, 7) is 3.40. The minimum Gasteiger partial charge on any atom is -0.497 e. The van der Waals surface area contributed by atoms with Gasteiger partial charge in [0.05, 0.1) is 19.2 Å². The van der Waals surface area contributed by atoms with Gasteiger partial charge in [0.2, 0.25) is 5.91 Å². The van der Waals surface area contributed by atoms with Crippen LogP contribution in [-0.4, -0.2) is 47.5 Å². The summed E-state index contributed by atoms with van der Waals surface area (Å²) in [5.74, 6) is 2.36. The smallest absolute Gasteiger partial charge is 0.227 e. The van der Waals surface area contributed by atoms with Crippen molar-refractivity contribution in [2.24, 2.45) is 0 Å². The maximum absolute atomic E-state index is 12.7. The summed E-state index contributed by atoms with van der Waals surface area (Å²) < 4.78 is 5.24. The molecule has 6 nitrogen and oxygen atoms in total. The summed E-state index contributed by atoms with van der Waals surface area (Å²) in [5, 5.41) is 3.38. The topological polar surface area (TPSA) is 67.3 Å². The Bertz CT molecular complexity index is 818. The number of rotatable bonds is 4. The van der Waals surface area contributed by atoms with Gasteiger partial charge >= 0.3 is 0 Å². The molecule has 6 heteroatoms. The van der Waals surface area contributed by atoms with Crippen LogP contribution in [0.5, 0.6) is 5.75 Å². The van der Waals surface area contributed by atoms with Crippen molar-refractivity contribution < 1.29 is 9.53 Å². The van der Waals surface area contributed by atoms with Crippen LogP contribution in [0.4, 0.5) is 0 Å². The van der Waals surface area contributed by atoms with Gasteiger partial charge in [0.25, 0.3) is 0 Å². The number of hydrogen-bond acceptors (Lipinski definition) is 5. The van der Waals surface area contributed by atoms with Gasteiger partial charge in [-0.05, 0) is 43.6 Å². The molecule has 2 aliphatic rings. The number of piperidine rings is 1. The lowest BCUT2D eigenvalue weighted by Crippen LogP contribution is -2.37. The number of carbonyl (C=O) groups excluding carboxylic acids is 1. The van der Waals surface area contributed by atoms with Crippen molar-refractivity contribution in [3.8, 4) is 5.75 Å². The van der Waals surface area contributed by atoms with E-state index in [0.717, 1.165) is 67.3 Å². The Labute approximate surface area is 160 Å². The van der Waals surface area contributed by atoms with Crippen molar-refractivity contribution in [1.82, 2.24) is 20.2 Å². The molecule has 0 aliphatic carbocycles. The molecule has 0 atom stereocenters. The molecule has 4 rings (SSSR count). The Morgan fingerprint density at radius 3 is 3.00 bits per heavy atom. The molecule has 1 amide bonds. The van der Waals surface area contributed by atoms with Crippen LogP contribution in [0.3, 0.4) is 0 Å². The van der Waals surface area contributed by atoms with Gasteiger partial charge in [0.15, 0.2) is 0 Å². The lowest BCUT2D eigenvalue weighted by molar-refractivity contribution is -0.131. The second-order valence-corrected chi connectivity index (χ2v) is 7.32. The molecule has 2 aliphatic heterocycles. The highest BCUT2D eigenvalue weighted by molar-refractivity contribution is 5.79. The molecule has 0 saturated carbocycles. The first kappa shape index (κ1) is 17.9. The first-order valence-corrected chi connectivity index (χ1v) is 9.69. The number of nitrogens with one attached hydrogen (secondary N) is 1. The van der Waals surface area contributed by atoms with Gasteiger partial charge in [0, 0.05) is 37.2 Å². The summed E-state index contributed by atoms with van der Waals surface area (Å²) >= 11 is 0. The van der Waals surface area contributed by atoms with Crippen molar-refractivity contribution in [1.29, 1.82) is 0 Å². The van der Waals surface area contributed by atoms with Crippen LogP contribution in [0.1, 0.15) is 41.4 Å². The number of carbonyl (C=O) groups is 1. The van der Waals surface area contributed by atoms with Crippen molar-refractivity contribution in [2.75, 3.05) is 26.7 Å². The van der Waals surface area contributed by atoms with Crippen LogP contribution in [-0.2, 0) is 24.2 Å². The molecule has 27 heavy (non-hydrogen) atoms. The maximum Gasteiger partial charge on any atom is 0.227 e. The lowest BCUT2D eigenvalue weighted by Gasteiger charge is -2.29. The van der Waals surface area contributed by atoms with Crippen LogP contribution >= 0.6 is 0 Å². The minimum atomic E-state index is 0.135. The third-order valence-corrected chi connectivity index (χ3v) is 5.50. The number of nitrogens with zero attached hydrogens (tertiary/aromatic N) is 3. The van der Waals surface area contributed by atoms with Gasteiger partial charge in [-0.15, -0.1) is 0 Å². The van der Waals surface area contributed by atoms with E-state index >= 15 is 0 Å². The van der Waals surface area contributed by atoms with Crippen LogP contribution in [0.25, 0.3) is 0 Å². The Morgan fingerprint density at radius 2 is 2.19 bits per heavy atom. The number of hydrogen-bond donors (Lipinski definition) is 1. The standard InChI is InChI=1S/C21H26N4O2/c1-27-18-4-2-3-15(11-18)12-20(26)25-10-7-19-17(14-25)13-23-21(24-19)16-5-8-22-9-6-16/h2-4,11,13,16,22H,5-10,12,14H2,1H3. The maximum atomic E-state index is 12.7. The molecule has 1 fully saturated rings. The van der Waals surface area contributed by atoms with Crippen molar-refractivity contribution in [3.05, 3.63) is 53.1 Å². The fourth-order valence-corrected chi connectivity index (χ4v) is 3.89. The highest BCUT2D eigenvalue weighted by Gasteiger charge is 2.24. The van der Waals surface area contributed by atoms with E-state index < -0.39 is 0 Å². The molecule has 142 valence electrons. The average molecular weight is 366 g/mol. The van der Waals surface area contributed by atoms with E-state index in [4.69, 9.17) is 9.72 Å². The second kappa shape index (κ2) is 8.05. The largest absolute Gasteiger partial charge is 0.497 e. The van der Waals surface area contributed by atoms with E-state index in [1.54, 1.807) is 7.11 Å². The number of methoxy groups -OCH3 is 1. The highest BCUT2D eigenvalue weighted by atomic mass is 16.5. The van der Waals surface area contributed by atoms with E-state index in [0.29, 0.717) is 18.9 Å². The zero-order valence-corrected chi connectivity index (χ0v) is 15.8. The third-order valence-electron chi connectivity index (χ3n) is 5.50. The van der Waals surface area contributed by atoms with Gasteiger partial charge in [0.1, 0.15) is 11.6 Å². The highest BCUT2D eigenvalue weighted by Crippen LogP contribution is 2.25. The number of amides is 1. The quantitative estimate of drug-likeness (QED) is 0.897. The first-order chi connectivity index (χ1) is 13.2. The van der Waals surface area contributed by atoms with Gasteiger partial charge < -0.3 is 15.0 Å². The van der Waals surface area contributed by atoms with Gasteiger partial charge in [-0.25, -0.2) is 9.97 Å². The molecule has 1 N–H and O–H groups in total. The van der Waals surface area contributed by atoms with Crippen LogP contribution in [0.15, 0.2) is 30.5 Å². The van der Waals surface area contributed by atoms with E-state index in [1.165, 1.54) is 0 Å². The Morgan fingerprint density at radius 1 is 1.33 bits per heavy atom. The van der Waals surface area contributed by atoms with E-state index in [1.807, 2.05) is 35.4 Å². The van der Waals surface area contributed by atoms with Crippen molar-refractivity contribution in [3.63, 3.8) is 0 Å². The van der Waals surface area contributed by atoms with E-state index in [-0.39, 0.29) is 5.91 Å². The van der Waals surface area contributed by atoms with Crippen LogP contribution in [0, 0.1) is 0 Å². The van der Waals surface area contributed by atoms with Gasteiger partial charge in [-0.3, -0.25) is 4.79 Å². The molecule has 0 bridgehead atoms.